The highest BCUT2D eigenvalue weighted by Gasteiger charge is 2.30. The Morgan fingerprint density at radius 1 is 1.55 bits per heavy atom. The van der Waals surface area contributed by atoms with Gasteiger partial charge in [0, 0.05) is 18.5 Å². The number of hydrogen-bond acceptors (Lipinski definition) is 4. The number of thiophene rings is 1. The monoisotopic (exact) mass is 326 g/mol. The molecule has 2 heterocycles. The van der Waals surface area contributed by atoms with Gasteiger partial charge < -0.3 is 19.7 Å². The summed E-state index contributed by atoms with van der Waals surface area (Å²) >= 11 is 1.71. The van der Waals surface area contributed by atoms with E-state index in [9.17, 15) is 4.79 Å². The molecule has 0 spiro atoms. The van der Waals surface area contributed by atoms with E-state index in [2.05, 4.69) is 30.6 Å². The van der Waals surface area contributed by atoms with Gasteiger partial charge in [-0.3, -0.25) is 0 Å². The molecule has 6 heteroatoms. The summed E-state index contributed by atoms with van der Waals surface area (Å²) in [4.78, 5) is 15.8. The topological polar surface area (TPSA) is 50.8 Å². The molecule has 124 valence electrons. The van der Waals surface area contributed by atoms with Crippen LogP contribution in [0.15, 0.2) is 11.4 Å². The van der Waals surface area contributed by atoms with Gasteiger partial charge in [-0.05, 0) is 30.4 Å². The van der Waals surface area contributed by atoms with Gasteiger partial charge in [0.1, 0.15) is 6.10 Å². The number of unbranched alkanes of at least 4 members (excludes halogenated alkanes) is 1. The standard InChI is InChI=1S/C16H26N2O3S/c1-4-5-7-18(9-15-12(2)6-8-22-15)16(19)17-13-10-21-11-14(13)20-3/h6,8,13-14H,4-5,7,9-11H2,1-3H3,(H,17,19)/t13-,14-/m0/s1. The van der Waals surface area contributed by atoms with Gasteiger partial charge in [-0.2, -0.15) is 0 Å². The highest BCUT2D eigenvalue weighted by Crippen LogP contribution is 2.19. The molecule has 0 radical (unpaired) electrons. The lowest BCUT2D eigenvalue weighted by Gasteiger charge is -2.26. The van der Waals surface area contributed by atoms with E-state index in [1.165, 1.54) is 10.4 Å². The molecule has 1 N–H and O–H groups in total. The van der Waals surface area contributed by atoms with Gasteiger partial charge in [-0.15, -0.1) is 11.3 Å². The summed E-state index contributed by atoms with van der Waals surface area (Å²) in [6.07, 6.45) is 2.02. The van der Waals surface area contributed by atoms with Gasteiger partial charge in [-0.1, -0.05) is 13.3 Å². The highest BCUT2D eigenvalue weighted by atomic mass is 32.1. The third-order valence-corrected chi connectivity index (χ3v) is 5.02. The van der Waals surface area contributed by atoms with E-state index in [1.54, 1.807) is 18.4 Å². The van der Waals surface area contributed by atoms with E-state index in [4.69, 9.17) is 9.47 Å². The molecule has 0 aromatic carbocycles. The minimum absolute atomic E-state index is 0.0289. The quantitative estimate of drug-likeness (QED) is 0.838. The number of nitrogens with zero attached hydrogens (tertiary/aromatic N) is 1. The van der Waals surface area contributed by atoms with Crippen molar-refractivity contribution >= 4 is 17.4 Å². The molecule has 0 aliphatic carbocycles. The molecule has 0 saturated carbocycles. The molecule has 0 unspecified atom stereocenters. The predicted octanol–water partition coefficient (Wildman–Crippen LogP) is 2.78. The minimum atomic E-state index is -0.0638. The molecule has 2 rings (SSSR count). The maximum atomic E-state index is 12.6. The fraction of sp³-hybridized carbons (Fsp3) is 0.688. The number of aryl methyl sites for hydroxylation is 1. The lowest BCUT2D eigenvalue weighted by Crippen LogP contribution is -2.49. The third-order valence-electron chi connectivity index (χ3n) is 4.01. The van der Waals surface area contributed by atoms with Crippen LogP contribution < -0.4 is 5.32 Å². The minimum Gasteiger partial charge on any atom is -0.377 e. The SMILES string of the molecule is CCCCN(Cc1sccc1C)C(=O)N[C@H]1COC[C@@H]1OC. The summed E-state index contributed by atoms with van der Waals surface area (Å²) in [5, 5.41) is 5.14. The molecular weight excluding hydrogens is 300 g/mol. The van der Waals surface area contributed by atoms with E-state index in [0.29, 0.717) is 19.8 Å². The molecule has 2 amide bonds. The third kappa shape index (κ3) is 4.44. The van der Waals surface area contributed by atoms with Crippen molar-refractivity contribution in [1.29, 1.82) is 0 Å². The number of carbonyl (C=O) groups is 1. The molecular formula is C16H26N2O3S. The molecule has 1 aromatic heterocycles. The summed E-state index contributed by atoms with van der Waals surface area (Å²) in [5.41, 5.74) is 1.25. The second kappa shape index (κ2) is 8.50. The van der Waals surface area contributed by atoms with Gasteiger partial charge >= 0.3 is 6.03 Å². The molecule has 1 aromatic rings. The van der Waals surface area contributed by atoms with Crippen molar-refractivity contribution in [3.8, 4) is 0 Å². The van der Waals surface area contributed by atoms with Crippen LogP contribution >= 0.6 is 11.3 Å². The number of urea groups is 1. The van der Waals surface area contributed by atoms with Crippen LogP contribution in [0, 0.1) is 6.92 Å². The normalized spacial score (nSPS) is 21.0. The molecule has 1 saturated heterocycles. The first-order valence-corrected chi connectivity index (χ1v) is 8.72. The summed E-state index contributed by atoms with van der Waals surface area (Å²) in [5.74, 6) is 0. The van der Waals surface area contributed by atoms with Crippen molar-refractivity contribution in [1.82, 2.24) is 10.2 Å². The Balaban J connectivity index is 1.98. The van der Waals surface area contributed by atoms with Crippen molar-refractivity contribution in [3.63, 3.8) is 0 Å². The first kappa shape index (κ1) is 17.2. The second-order valence-corrected chi connectivity index (χ2v) is 6.67. The Bertz CT molecular complexity index is 478. The number of amides is 2. The molecule has 0 bridgehead atoms. The Kier molecular flexibility index (Phi) is 6.67. The van der Waals surface area contributed by atoms with Gasteiger partial charge in [0.2, 0.25) is 0 Å². The van der Waals surface area contributed by atoms with Crippen LogP contribution in [-0.4, -0.2) is 49.9 Å². The van der Waals surface area contributed by atoms with Gasteiger partial charge in [0.25, 0.3) is 0 Å². The Hall–Kier alpha value is -1.11. The Morgan fingerprint density at radius 2 is 2.36 bits per heavy atom. The van der Waals surface area contributed by atoms with Crippen molar-refractivity contribution in [3.05, 3.63) is 21.9 Å². The fourth-order valence-corrected chi connectivity index (χ4v) is 3.41. The molecule has 22 heavy (non-hydrogen) atoms. The van der Waals surface area contributed by atoms with Crippen molar-refractivity contribution in [2.24, 2.45) is 0 Å². The molecule has 1 aliphatic rings. The first-order valence-electron chi connectivity index (χ1n) is 7.84. The zero-order chi connectivity index (χ0) is 15.9. The number of rotatable bonds is 7. The largest absolute Gasteiger partial charge is 0.377 e. The summed E-state index contributed by atoms with van der Waals surface area (Å²) in [7, 11) is 1.66. The smallest absolute Gasteiger partial charge is 0.318 e. The van der Waals surface area contributed by atoms with E-state index in [-0.39, 0.29) is 18.2 Å². The number of hydrogen-bond donors (Lipinski definition) is 1. The van der Waals surface area contributed by atoms with Crippen molar-refractivity contribution in [2.45, 2.75) is 45.4 Å². The number of ether oxygens (including phenoxy) is 2. The Labute approximate surface area is 136 Å². The van der Waals surface area contributed by atoms with Crippen LogP contribution in [0.25, 0.3) is 0 Å². The lowest BCUT2D eigenvalue weighted by molar-refractivity contribution is 0.0733. The zero-order valence-electron chi connectivity index (χ0n) is 13.6. The number of methoxy groups -OCH3 is 1. The van der Waals surface area contributed by atoms with E-state index < -0.39 is 0 Å². The summed E-state index contributed by atoms with van der Waals surface area (Å²) in [6, 6.07) is 2.01. The van der Waals surface area contributed by atoms with Crippen LogP contribution in [0.1, 0.15) is 30.2 Å². The number of carbonyl (C=O) groups excluding carboxylic acids is 1. The molecule has 1 aliphatic heterocycles. The average molecular weight is 326 g/mol. The molecule has 2 atom stereocenters. The first-order chi connectivity index (χ1) is 10.7. The van der Waals surface area contributed by atoms with E-state index >= 15 is 0 Å². The van der Waals surface area contributed by atoms with Crippen LogP contribution in [0.3, 0.4) is 0 Å². The Morgan fingerprint density at radius 3 is 3.00 bits per heavy atom. The van der Waals surface area contributed by atoms with Crippen molar-refractivity contribution < 1.29 is 14.3 Å². The molecule has 1 fully saturated rings. The zero-order valence-corrected chi connectivity index (χ0v) is 14.4. The van der Waals surface area contributed by atoms with Gasteiger partial charge in [0.05, 0.1) is 25.8 Å². The summed E-state index contributed by atoms with van der Waals surface area (Å²) in [6.45, 7) is 6.72. The highest BCUT2D eigenvalue weighted by molar-refractivity contribution is 7.10. The van der Waals surface area contributed by atoms with Gasteiger partial charge in [0.15, 0.2) is 0 Å². The van der Waals surface area contributed by atoms with Crippen LogP contribution in [0.4, 0.5) is 4.79 Å². The second-order valence-electron chi connectivity index (χ2n) is 5.67. The lowest BCUT2D eigenvalue weighted by atomic mass is 10.2. The predicted molar refractivity (Wildman–Crippen MR) is 88.3 cm³/mol. The average Bonchev–Trinajstić information content (AvgIpc) is 3.12. The summed E-state index contributed by atoms with van der Waals surface area (Å²) < 4.78 is 10.7. The number of nitrogens with one attached hydrogen (secondary N) is 1. The van der Waals surface area contributed by atoms with E-state index in [0.717, 1.165) is 19.4 Å². The van der Waals surface area contributed by atoms with Crippen LogP contribution in [-0.2, 0) is 16.0 Å². The maximum Gasteiger partial charge on any atom is 0.318 e. The van der Waals surface area contributed by atoms with Crippen LogP contribution in [0.5, 0.6) is 0 Å². The molecule has 5 nitrogen and oxygen atoms in total. The van der Waals surface area contributed by atoms with Crippen molar-refractivity contribution in [2.75, 3.05) is 26.9 Å². The van der Waals surface area contributed by atoms with Gasteiger partial charge in [-0.25, -0.2) is 4.79 Å². The van der Waals surface area contributed by atoms with E-state index in [1.807, 2.05) is 4.90 Å². The van der Waals surface area contributed by atoms with Crippen LogP contribution in [0.2, 0.25) is 0 Å². The fourth-order valence-electron chi connectivity index (χ4n) is 2.49. The maximum absolute atomic E-state index is 12.6.